The van der Waals surface area contributed by atoms with Crippen molar-refractivity contribution in [1.29, 1.82) is 0 Å². The van der Waals surface area contributed by atoms with Crippen LogP contribution in [0.4, 0.5) is 0 Å². The van der Waals surface area contributed by atoms with Crippen LogP contribution in [0, 0.1) is 0 Å². The van der Waals surface area contributed by atoms with E-state index in [1.54, 1.807) is 25.3 Å². The van der Waals surface area contributed by atoms with E-state index in [0.717, 1.165) is 0 Å². The number of carbonyl (C=O) groups is 1. The van der Waals surface area contributed by atoms with Gasteiger partial charge < -0.3 is 10.4 Å². The van der Waals surface area contributed by atoms with Gasteiger partial charge in [0.2, 0.25) is 0 Å². The van der Waals surface area contributed by atoms with Crippen LogP contribution < -0.4 is 5.32 Å². The lowest BCUT2D eigenvalue weighted by Gasteiger charge is -2.17. The Bertz CT molecular complexity index is 330. The molecule has 0 aromatic carbocycles. The summed E-state index contributed by atoms with van der Waals surface area (Å²) in [5.41, 5.74) is -0.903. The molecule has 0 saturated heterocycles. The van der Waals surface area contributed by atoms with Gasteiger partial charge in [-0.1, -0.05) is 11.6 Å². The maximum absolute atomic E-state index is 11.5. The molecule has 14 heavy (non-hydrogen) atoms. The molecule has 0 radical (unpaired) electrons. The molecule has 1 rings (SSSR count). The SMILES string of the molecule is CC(C)(O)CNC(=O)c1sccc1Cl. The van der Waals surface area contributed by atoms with Gasteiger partial charge in [0.05, 0.1) is 10.6 Å². The highest BCUT2D eigenvalue weighted by molar-refractivity contribution is 7.12. The average Bonchev–Trinajstić information content (AvgIpc) is 2.46. The van der Waals surface area contributed by atoms with Gasteiger partial charge in [-0.3, -0.25) is 4.79 Å². The van der Waals surface area contributed by atoms with Crippen molar-refractivity contribution in [2.75, 3.05) is 6.54 Å². The van der Waals surface area contributed by atoms with Crippen LogP contribution in [0.25, 0.3) is 0 Å². The van der Waals surface area contributed by atoms with Gasteiger partial charge in [-0.05, 0) is 25.3 Å². The Morgan fingerprint density at radius 2 is 2.36 bits per heavy atom. The molecule has 78 valence electrons. The van der Waals surface area contributed by atoms with Crippen LogP contribution in [0.3, 0.4) is 0 Å². The number of hydrogen-bond donors (Lipinski definition) is 2. The zero-order valence-corrected chi connectivity index (χ0v) is 9.58. The molecule has 1 aromatic heterocycles. The minimum Gasteiger partial charge on any atom is -0.389 e. The summed E-state index contributed by atoms with van der Waals surface area (Å²) in [6.07, 6.45) is 0. The van der Waals surface area contributed by atoms with E-state index >= 15 is 0 Å². The molecule has 0 spiro atoms. The predicted octanol–water partition coefficient (Wildman–Crippen LogP) is 1.90. The molecule has 0 bridgehead atoms. The van der Waals surface area contributed by atoms with Crippen molar-refractivity contribution in [3.63, 3.8) is 0 Å². The van der Waals surface area contributed by atoms with Crippen LogP contribution in [-0.4, -0.2) is 23.2 Å². The van der Waals surface area contributed by atoms with Gasteiger partial charge in [0, 0.05) is 6.54 Å². The molecule has 3 nitrogen and oxygen atoms in total. The predicted molar refractivity (Wildman–Crippen MR) is 58.0 cm³/mol. The van der Waals surface area contributed by atoms with Crippen LogP contribution in [0.15, 0.2) is 11.4 Å². The molecule has 0 aliphatic carbocycles. The average molecular weight is 234 g/mol. The summed E-state index contributed by atoms with van der Waals surface area (Å²) in [7, 11) is 0. The van der Waals surface area contributed by atoms with Gasteiger partial charge in [-0.25, -0.2) is 0 Å². The van der Waals surface area contributed by atoms with Crippen LogP contribution in [0.5, 0.6) is 0 Å². The van der Waals surface area contributed by atoms with Gasteiger partial charge in [0.15, 0.2) is 0 Å². The molecule has 0 atom stereocenters. The summed E-state index contributed by atoms with van der Waals surface area (Å²) in [6.45, 7) is 3.46. The van der Waals surface area contributed by atoms with Crippen LogP contribution in [0.1, 0.15) is 23.5 Å². The van der Waals surface area contributed by atoms with Crippen LogP contribution >= 0.6 is 22.9 Å². The Hall–Kier alpha value is -0.580. The molecule has 0 aliphatic heterocycles. The topological polar surface area (TPSA) is 49.3 Å². The number of amides is 1. The molecular formula is C9H12ClNO2S. The van der Waals surface area contributed by atoms with E-state index in [2.05, 4.69) is 5.32 Å². The first-order chi connectivity index (χ1) is 6.40. The lowest BCUT2D eigenvalue weighted by atomic mass is 10.1. The first kappa shape index (κ1) is 11.5. The van der Waals surface area contributed by atoms with Crippen LogP contribution in [0.2, 0.25) is 5.02 Å². The van der Waals surface area contributed by atoms with E-state index in [1.807, 2.05) is 0 Å². The van der Waals surface area contributed by atoms with Gasteiger partial charge in [-0.15, -0.1) is 11.3 Å². The molecule has 1 aromatic rings. The van der Waals surface area contributed by atoms with Crippen molar-refractivity contribution in [2.45, 2.75) is 19.4 Å². The van der Waals surface area contributed by atoms with E-state index in [4.69, 9.17) is 11.6 Å². The molecule has 0 saturated carbocycles. The van der Waals surface area contributed by atoms with Crippen molar-refractivity contribution < 1.29 is 9.90 Å². The summed E-state index contributed by atoms with van der Waals surface area (Å²) < 4.78 is 0. The summed E-state index contributed by atoms with van der Waals surface area (Å²) in [4.78, 5) is 12.0. The normalized spacial score (nSPS) is 11.4. The Morgan fingerprint density at radius 3 is 2.79 bits per heavy atom. The van der Waals surface area contributed by atoms with E-state index in [0.29, 0.717) is 9.90 Å². The zero-order valence-electron chi connectivity index (χ0n) is 8.00. The molecule has 2 N–H and O–H groups in total. The summed E-state index contributed by atoms with van der Waals surface area (Å²) in [5, 5.41) is 14.2. The highest BCUT2D eigenvalue weighted by Crippen LogP contribution is 2.21. The molecule has 0 unspecified atom stereocenters. The number of hydrogen-bond acceptors (Lipinski definition) is 3. The fourth-order valence-corrected chi connectivity index (χ4v) is 1.89. The number of carbonyl (C=O) groups excluding carboxylic acids is 1. The van der Waals surface area contributed by atoms with Gasteiger partial charge in [0.25, 0.3) is 5.91 Å². The molecule has 1 amide bonds. The Balaban J connectivity index is 2.56. The highest BCUT2D eigenvalue weighted by Gasteiger charge is 2.16. The van der Waals surface area contributed by atoms with Gasteiger partial charge >= 0.3 is 0 Å². The molecule has 0 aliphatic rings. The minimum atomic E-state index is -0.903. The molecule has 5 heteroatoms. The third-order valence-corrected chi connectivity index (χ3v) is 2.85. The monoisotopic (exact) mass is 233 g/mol. The Morgan fingerprint density at radius 1 is 1.71 bits per heavy atom. The maximum Gasteiger partial charge on any atom is 0.262 e. The van der Waals surface area contributed by atoms with Crippen LogP contribution in [-0.2, 0) is 0 Å². The summed E-state index contributed by atoms with van der Waals surface area (Å²) in [5.74, 6) is -0.243. The second-order valence-electron chi connectivity index (χ2n) is 3.59. The molecule has 0 fully saturated rings. The van der Waals surface area contributed by atoms with E-state index in [-0.39, 0.29) is 12.5 Å². The van der Waals surface area contributed by atoms with Crippen molar-refractivity contribution in [3.05, 3.63) is 21.3 Å². The number of rotatable bonds is 3. The van der Waals surface area contributed by atoms with Crippen molar-refractivity contribution >= 4 is 28.8 Å². The molecular weight excluding hydrogens is 222 g/mol. The van der Waals surface area contributed by atoms with Crippen molar-refractivity contribution in [3.8, 4) is 0 Å². The number of thiophene rings is 1. The number of aliphatic hydroxyl groups is 1. The second-order valence-corrected chi connectivity index (χ2v) is 4.92. The number of halogens is 1. The summed E-state index contributed by atoms with van der Waals surface area (Å²) in [6, 6.07) is 1.67. The van der Waals surface area contributed by atoms with E-state index in [9.17, 15) is 9.90 Å². The molecule has 1 heterocycles. The fraction of sp³-hybridized carbons (Fsp3) is 0.444. The third-order valence-electron chi connectivity index (χ3n) is 1.50. The highest BCUT2D eigenvalue weighted by atomic mass is 35.5. The fourth-order valence-electron chi connectivity index (χ4n) is 0.833. The largest absolute Gasteiger partial charge is 0.389 e. The first-order valence-electron chi connectivity index (χ1n) is 4.14. The van der Waals surface area contributed by atoms with Crippen molar-refractivity contribution in [2.24, 2.45) is 0 Å². The number of nitrogens with one attached hydrogen (secondary N) is 1. The summed E-state index contributed by atoms with van der Waals surface area (Å²) >= 11 is 7.05. The standard InChI is InChI=1S/C9H12ClNO2S/c1-9(2,13)5-11-8(12)7-6(10)3-4-14-7/h3-4,13H,5H2,1-2H3,(H,11,12). The van der Waals surface area contributed by atoms with E-state index < -0.39 is 5.60 Å². The quantitative estimate of drug-likeness (QED) is 0.838. The minimum absolute atomic E-state index is 0.208. The zero-order chi connectivity index (χ0) is 10.8. The third kappa shape index (κ3) is 3.29. The van der Waals surface area contributed by atoms with Gasteiger partial charge in [-0.2, -0.15) is 0 Å². The Kier molecular flexibility index (Phi) is 3.53. The lowest BCUT2D eigenvalue weighted by Crippen LogP contribution is -2.37. The first-order valence-corrected chi connectivity index (χ1v) is 5.39. The Labute approximate surface area is 91.7 Å². The second kappa shape index (κ2) is 4.29. The van der Waals surface area contributed by atoms with Gasteiger partial charge in [0.1, 0.15) is 4.88 Å². The van der Waals surface area contributed by atoms with E-state index in [1.165, 1.54) is 11.3 Å². The lowest BCUT2D eigenvalue weighted by molar-refractivity contribution is 0.0696. The van der Waals surface area contributed by atoms with Crippen molar-refractivity contribution in [1.82, 2.24) is 5.32 Å². The smallest absolute Gasteiger partial charge is 0.262 e. The maximum atomic E-state index is 11.5.